The zero-order chi connectivity index (χ0) is 22.1. The molecule has 0 saturated heterocycles. The maximum atomic E-state index is 9.74. The third-order valence-electron chi connectivity index (χ3n) is 4.50. The first kappa shape index (κ1) is 21.6. The number of aromatic hydroxyl groups is 1. The van der Waals surface area contributed by atoms with Gasteiger partial charge >= 0.3 is 0 Å². The van der Waals surface area contributed by atoms with Crippen LogP contribution in [0.25, 0.3) is 0 Å². The van der Waals surface area contributed by atoms with E-state index in [0.29, 0.717) is 23.0 Å². The van der Waals surface area contributed by atoms with Crippen LogP contribution in [0.4, 0.5) is 0 Å². The lowest BCUT2D eigenvalue weighted by Gasteiger charge is -2.22. The van der Waals surface area contributed by atoms with Crippen molar-refractivity contribution in [3.63, 3.8) is 0 Å². The lowest BCUT2D eigenvalue weighted by atomic mass is 10.1. The molecule has 2 aromatic carbocycles. The minimum atomic E-state index is -0.191. The fourth-order valence-corrected chi connectivity index (χ4v) is 2.90. The van der Waals surface area contributed by atoms with E-state index >= 15 is 0 Å². The van der Waals surface area contributed by atoms with Gasteiger partial charge in [-0.25, -0.2) is 4.68 Å². The molecule has 0 radical (unpaired) electrons. The standard InChI is InChI=1S/C24H30N2O4/c1-15(2)28-22-14-18(27)8-13-21(22)29-19-9-11-20(12-10-19)30-23-16(3)17(4)25-26(23)24(5,6)7/h8-15,27H,1-7H3. The van der Waals surface area contributed by atoms with Crippen molar-refractivity contribution in [1.82, 2.24) is 9.78 Å². The van der Waals surface area contributed by atoms with Crippen molar-refractivity contribution in [3.8, 4) is 34.6 Å². The number of nitrogens with zero attached hydrogens (tertiary/aromatic N) is 2. The molecule has 6 nitrogen and oxygen atoms in total. The van der Waals surface area contributed by atoms with E-state index in [0.717, 1.165) is 17.1 Å². The van der Waals surface area contributed by atoms with E-state index in [1.165, 1.54) is 0 Å². The lowest BCUT2D eigenvalue weighted by Crippen LogP contribution is -2.23. The smallest absolute Gasteiger partial charge is 0.221 e. The van der Waals surface area contributed by atoms with Crippen LogP contribution in [0.15, 0.2) is 42.5 Å². The van der Waals surface area contributed by atoms with Crippen molar-refractivity contribution in [2.45, 2.75) is 60.1 Å². The quantitative estimate of drug-likeness (QED) is 0.514. The molecule has 0 aliphatic heterocycles. The van der Waals surface area contributed by atoms with E-state index in [4.69, 9.17) is 14.2 Å². The second-order valence-corrected chi connectivity index (χ2v) is 8.57. The minimum Gasteiger partial charge on any atom is -0.508 e. The van der Waals surface area contributed by atoms with Crippen LogP contribution >= 0.6 is 0 Å². The van der Waals surface area contributed by atoms with Crippen LogP contribution in [-0.4, -0.2) is 21.0 Å². The number of hydrogen-bond donors (Lipinski definition) is 1. The second kappa shape index (κ2) is 8.30. The number of aryl methyl sites for hydroxylation is 1. The summed E-state index contributed by atoms with van der Waals surface area (Å²) in [7, 11) is 0. The second-order valence-electron chi connectivity index (χ2n) is 8.57. The van der Waals surface area contributed by atoms with Gasteiger partial charge in [0.15, 0.2) is 11.5 Å². The summed E-state index contributed by atoms with van der Waals surface area (Å²) >= 11 is 0. The third-order valence-corrected chi connectivity index (χ3v) is 4.50. The molecule has 1 heterocycles. The Kier molecular flexibility index (Phi) is 5.97. The van der Waals surface area contributed by atoms with Gasteiger partial charge in [-0.1, -0.05) is 0 Å². The van der Waals surface area contributed by atoms with Crippen molar-refractivity contribution in [2.75, 3.05) is 0 Å². The van der Waals surface area contributed by atoms with E-state index in [-0.39, 0.29) is 17.4 Å². The van der Waals surface area contributed by atoms with Gasteiger partial charge in [0, 0.05) is 11.6 Å². The summed E-state index contributed by atoms with van der Waals surface area (Å²) in [4.78, 5) is 0. The predicted octanol–water partition coefficient (Wildman–Crippen LogP) is 6.33. The summed E-state index contributed by atoms with van der Waals surface area (Å²) in [5.74, 6) is 3.22. The highest BCUT2D eigenvalue weighted by molar-refractivity contribution is 5.48. The summed E-state index contributed by atoms with van der Waals surface area (Å²) in [6, 6.07) is 12.2. The van der Waals surface area contributed by atoms with Crippen molar-refractivity contribution >= 4 is 0 Å². The topological polar surface area (TPSA) is 65.7 Å². The SMILES string of the molecule is Cc1nn(C(C)(C)C)c(Oc2ccc(Oc3ccc(O)cc3OC(C)C)cc2)c1C. The summed E-state index contributed by atoms with van der Waals surface area (Å²) in [6.07, 6.45) is -0.0377. The van der Waals surface area contributed by atoms with Crippen molar-refractivity contribution in [3.05, 3.63) is 53.7 Å². The highest BCUT2D eigenvalue weighted by atomic mass is 16.5. The van der Waals surface area contributed by atoms with E-state index < -0.39 is 0 Å². The number of aromatic nitrogens is 2. The molecule has 0 spiro atoms. The van der Waals surface area contributed by atoms with E-state index in [2.05, 4.69) is 25.9 Å². The molecule has 0 aliphatic rings. The maximum Gasteiger partial charge on any atom is 0.221 e. The molecule has 3 aromatic rings. The van der Waals surface area contributed by atoms with Crippen molar-refractivity contribution in [2.24, 2.45) is 0 Å². The number of phenols is 1. The van der Waals surface area contributed by atoms with Gasteiger partial charge in [-0.3, -0.25) is 0 Å². The fourth-order valence-electron chi connectivity index (χ4n) is 2.90. The molecule has 0 bridgehead atoms. The molecule has 0 saturated carbocycles. The Morgan fingerprint density at radius 3 is 2.07 bits per heavy atom. The highest BCUT2D eigenvalue weighted by Crippen LogP contribution is 2.36. The molecular weight excluding hydrogens is 380 g/mol. The Labute approximate surface area is 178 Å². The molecule has 1 aromatic heterocycles. The normalized spacial score (nSPS) is 11.6. The third kappa shape index (κ3) is 4.87. The Balaban J connectivity index is 1.81. The van der Waals surface area contributed by atoms with Gasteiger partial charge in [-0.05, 0) is 84.9 Å². The molecular formula is C24H30N2O4. The van der Waals surface area contributed by atoms with Crippen LogP contribution in [0.3, 0.4) is 0 Å². The molecule has 1 N–H and O–H groups in total. The summed E-state index contributed by atoms with van der Waals surface area (Å²) in [6.45, 7) is 14.1. The zero-order valence-electron chi connectivity index (χ0n) is 18.7. The van der Waals surface area contributed by atoms with Gasteiger partial charge < -0.3 is 19.3 Å². The summed E-state index contributed by atoms with van der Waals surface area (Å²) in [5.41, 5.74) is 1.78. The van der Waals surface area contributed by atoms with Gasteiger partial charge in [-0.2, -0.15) is 5.10 Å². The van der Waals surface area contributed by atoms with Gasteiger partial charge in [0.2, 0.25) is 5.88 Å². The van der Waals surface area contributed by atoms with E-state index in [9.17, 15) is 5.11 Å². The average molecular weight is 411 g/mol. The first-order valence-corrected chi connectivity index (χ1v) is 10.1. The van der Waals surface area contributed by atoms with Crippen LogP contribution < -0.4 is 14.2 Å². The summed E-state index contributed by atoms with van der Waals surface area (Å²) in [5, 5.41) is 14.4. The minimum absolute atomic E-state index is 0.0377. The Hall–Kier alpha value is -3.15. The summed E-state index contributed by atoms with van der Waals surface area (Å²) < 4.78 is 19.8. The average Bonchev–Trinajstić information content (AvgIpc) is 2.93. The Bertz CT molecular complexity index is 1010. The van der Waals surface area contributed by atoms with Crippen LogP contribution in [0.1, 0.15) is 45.9 Å². The Morgan fingerprint density at radius 2 is 1.50 bits per heavy atom. The molecule has 160 valence electrons. The largest absolute Gasteiger partial charge is 0.508 e. The van der Waals surface area contributed by atoms with Crippen LogP contribution in [0.2, 0.25) is 0 Å². The fraction of sp³-hybridized carbons (Fsp3) is 0.375. The van der Waals surface area contributed by atoms with Crippen LogP contribution in [-0.2, 0) is 5.54 Å². The van der Waals surface area contributed by atoms with Crippen LogP contribution in [0, 0.1) is 13.8 Å². The predicted molar refractivity (Wildman–Crippen MR) is 117 cm³/mol. The van der Waals surface area contributed by atoms with E-state index in [1.807, 2.05) is 56.6 Å². The number of benzene rings is 2. The molecule has 0 unspecified atom stereocenters. The van der Waals surface area contributed by atoms with Gasteiger partial charge in [0.05, 0.1) is 17.3 Å². The molecule has 3 rings (SSSR count). The van der Waals surface area contributed by atoms with Gasteiger partial charge in [0.25, 0.3) is 0 Å². The molecule has 30 heavy (non-hydrogen) atoms. The first-order valence-electron chi connectivity index (χ1n) is 10.1. The number of rotatable bonds is 6. The molecule has 0 amide bonds. The van der Waals surface area contributed by atoms with Gasteiger partial charge in [-0.15, -0.1) is 0 Å². The number of hydrogen-bond acceptors (Lipinski definition) is 5. The molecule has 0 atom stereocenters. The Morgan fingerprint density at radius 1 is 0.900 bits per heavy atom. The highest BCUT2D eigenvalue weighted by Gasteiger charge is 2.23. The zero-order valence-corrected chi connectivity index (χ0v) is 18.7. The monoisotopic (exact) mass is 410 g/mol. The van der Waals surface area contributed by atoms with Gasteiger partial charge in [0.1, 0.15) is 17.2 Å². The number of phenolic OH excluding ortho intramolecular Hbond substituents is 1. The first-order chi connectivity index (χ1) is 14.0. The van der Waals surface area contributed by atoms with Crippen LogP contribution in [0.5, 0.6) is 34.6 Å². The molecule has 6 heteroatoms. The van der Waals surface area contributed by atoms with Crippen molar-refractivity contribution in [1.29, 1.82) is 0 Å². The number of ether oxygens (including phenoxy) is 3. The molecule has 0 aliphatic carbocycles. The van der Waals surface area contributed by atoms with E-state index in [1.54, 1.807) is 18.2 Å². The van der Waals surface area contributed by atoms with Crippen molar-refractivity contribution < 1.29 is 19.3 Å². The lowest BCUT2D eigenvalue weighted by molar-refractivity contribution is 0.232. The maximum absolute atomic E-state index is 9.74. The molecule has 0 fully saturated rings.